The Morgan fingerprint density at radius 3 is 2.35 bits per heavy atom. The SMILES string of the molecule is C=CCCC(O)CN(Cc1c(C)nn(-c2ccccc2)c1Oc1ccc(OC)cc1)CC(C)C. The van der Waals surface area contributed by atoms with Crippen molar-refractivity contribution >= 4 is 0 Å². The minimum absolute atomic E-state index is 0.410. The first-order chi connectivity index (χ1) is 16.4. The van der Waals surface area contributed by atoms with Gasteiger partial charge >= 0.3 is 0 Å². The lowest BCUT2D eigenvalue weighted by atomic mass is 10.1. The molecule has 0 spiro atoms. The first-order valence-electron chi connectivity index (χ1n) is 11.9. The Morgan fingerprint density at radius 2 is 1.74 bits per heavy atom. The second kappa shape index (κ2) is 12.4. The monoisotopic (exact) mass is 463 g/mol. The first kappa shape index (κ1) is 25.5. The van der Waals surface area contributed by atoms with Gasteiger partial charge in [0.1, 0.15) is 11.5 Å². The average Bonchev–Trinajstić information content (AvgIpc) is 3.13. The maximum Gasteiger partial charge on any atom is 0.227 e. The molecule has 6 nitrogen and oxygen atoms in total. The van der Waals surface area contributed by atoms with E-state index in [1.165, 1.54) is 0 Å². The molecule has 182 valence electrons. The quantitative estimate of drug-likeness (QED) is 0.326. The normalized spacial score (nSPS) is 12.2. The number of aryl methyl sites for hydroxylation is 1. The number of benzene rings is 2. The minimum atomic E-state index is -0.410. The highest BCUT2D eigenvalue weighted by Crippen LogP contribution is 2.32. The number of nitrogens with zero attached hydrogens (tertiary/aromatic N) is 3. The summed E-state index contributed by atoms with van der Waals surface area (Å²) in [5.74, 6) is 2.63. The van der Waals surface area contributed by atoms with Gasteiger partial charge < -0.3 is 14.6 Å². The Balaban J connectivity index is 1.96. The lowest BCUT2D eigenvalue weighted by Crippen LogP contribution is -2.35. The van der Waals surface area contributed by atoms with Crippen LogP contribution < -0.4 is 9.47 Å². The predicted molar refractivity (Wildman–Crippen MR) is 137 cm³/mol. The van der Waals surface area contributed by atoms with E-state index in [0.717, 1.165) is 35.7 Å². The van der Waals surface area contributed by atoms with Crippen molar-refractivity contribution < 1.29 is 14.6 Å². The Morgan fingerprint density at radius 1 is 1.06 bits per heavy atom. The molecule has 34 heavy (non-hydrogen) atoms. The van der Waals surface area contributed by atoms with E-state index in [2.05, 4.69) is 25.3 Å². The topological polar surface area (TPSA) is 59.8 Å². The highest BCUT2D eigenvalue weighted by molar-refractivity contribution is 5.44. The summed E-state index contributed by atoms with van der Waals surface area (Å²) in [6, 6.07) is 17.5. The van der Waals surface area contributed by atoms with Crippen molar-refractivity contribution in [1.29, 1.82) is 0 Å². The van der Waals surface area contributed by atoms with Crippen LogP contribution in [-0.2, 0) is 6.54 Å². The summed E-state index contributed by atoms with van der Waals surface area (Å²) >= 11 is 0. The van der Waals surface area contributed by atoms with Crippen LogP contribution in [0.5, 0.6) is 17.4 Å². The number of ether oxygens (including phenoxy) is 2. The molecule has 1 unspecified atom stereocenters. The zero-order chi connectivity index (χ0) is 24.5. The fourth-order valence-corrected chi connectivity index (χ4v) is 3.97. The molecule has 0 saturated carbocycles. The third-order valence-electron chi connectivity index (χ3n) is 5.59. The van der Waals surface area contributed by atoms with Crippen LogP contribution in [0.2, 0.25) is 0 Å². The average molecular weight is 464 g/mol. The highest BCUT2D eigenvalue weighted by Gasteiger charge is 2.23. The summed E-state index contributed by atoms with van der Waals surface area (Å²) in [6.45, 7) is 12.3. The van der Waals surface area contributed by atoms with Crippen molar-refractivity contribution in [3.05, 3.63) is 78.5 Å². The van der Waals surface area contributed by atoms with Crippen LogP contribution in [0.4, 0.5) is 0 Å². The maximum absolute atomic E-state index is 10.6. The van der Waals surface area contributed by atoms with Gasteiger partial charge in [-0.2, -0.15) is 5.10 Å². The van der Waals surface area contributed by atoms with Crippen molar-refractivity contribution in [3.63, 3.8) is 0 Å². The molecule has 3 rings (SSSR count). The third-order valence-corrected chi connectivity index (χ3v) is 5.59. The Bertz CT molecular complexity index is 1030. The smallest absolute Gasteiger partial charge is 0.227 e. The largest absolute Gasteiger partial charge is 0.497 e. The minimum Gasteiger partial charge on any atom is -0.497 e. The third kappa shape index (κ3) is 6.95. The van der Waals surface area contributed by atoms with E-state index >= 15 is 0 Å². The molecule has 0 fully saturated rings. The van der Waals surface area contributed by atoms with Gasteiger partial charge in [0.15, 0.2) is 0 Å². The summed E-state index contributed by atoms with van der Waals surface area (Å²) in [7, 11) is 1.65. The summed E-state index contributed by atoms with van der Waals surface area (Å²) < 4.78 is 13.6. The summed E-state index contributed by atoms with van der Waals surface area (Å²) in [4.78, 5) is 2.29. The molecule has 0 aliphatic heterocycles. The molecule has 0 aliphatic carbocycles. The van der Waals surface area contributed by atoms with E-state index in [1.54, 1.807) is 7.11 Å². The van der Waals surface area contributed by atoms with Crippen molar-refractivity contribution in [2.24, 2.45) is 5.92 Å². The number of aliphatic hydroxyl groups is 1. The number of hydrogen-bond donors (Lipinski definition) is 1. The van der Waals surface area contributed by atoms with E-state index in [1.807, 2.05) is 72.3 Å². The highest BCUT2D eigenvalue weighted by atomic mass is 16.5. The molecule has 0 aliphatic rings. The van der Waals surface area contributed by atoms with Crippen LogP contribution in [0, 0.1) is 12.8 Å². The van der Waals surface area contributed by atoms with Crippen LogP contribution in [0.25, 0.3) is 5.69 Å². The van der Waals surface area contributed by atoms with Gasteiger partial charge in [-0.05, 0) is 62.1 Å². The lowest BCUT2D eigenvalue weighted by molar-refractivity contribution is 0.0952. The summed E-state index contributed by atoms with van der Waals surface area (Å²) in [5, 5.41) is 15.4. The van der Waals surface area contributed by atoms with E-state index in [4.69, 9.17) is 14.6 Å². The molecule has 0 bridgehead atoms. The number of aliphatic hydroxyl groups excluding tert-OH is 1. The van der Waals surface area contributed by atoms with Gasteiger partial charge in [-0.25, -0.2) is 4.68 Å². The number of aromatic nitrogens is 2. The Labute approximate surface area is 203 Å². The Hall–Kier alpha value is -3.09. The van der Waals surface area contributed by atoms with Crippen molar-refractivity contribution in [1.82, 2.24) is 14.7 Å². The zero-order valence-corrected chi connectivity index (χ0v) is 20.8. The van der Waals surface area contributed by atoms with Crippen molar-refractivity contribution in [2.45, 2.75) is 46.3 Å². The van der Waals surface area contributed by atoms with Crippen molar-refractivity contribution in [3.8, 4) is 23.1 Å². The molecular formula is C28H37N3O3. The number of para-hydroxylation sites is 1. The molecule has 3 aromatic rings. The van der Waals surface area contributed by atoms with Gasteiger partial charge in [0.2, 0.25) is 5.88 Å². The van der Waals surface area contributed by atoms with E-state index in [-0.39, 0.29) is 0 Å². The van der Waals surface area contributed by atoms with Crippen LogP contribution >= 0.6 is 0 Å². The van der Waals surface area contributed by atoms with Gasteiger partial charge in [-0.3, -0.25) is 4.90 Å². The maximum atomic E-state index is 10.6. The molecule has 1 aromatic heterocycles. The van der Waals surface area contributed by atoms with Gasteiger partial charge in [0.05, 0.1) is 30.2 Å². The van der Waals surface area contributed by atoms with E-state index in [9.17, 15) is 5.11 Å². The van der Waals surface area contributed by atoms with Crippen LogP contribution in [-0.4, -0.2) is 46.1 Å². The molecule has 0 saturated heterocycles. The van der Waals surface area contributed by atoms with Gasteiger partial charge in [-0.1, -0.05) is 38.1 Å². The number of allylic oxidation sites excluding steroid dienone is 1. The van der Waals surface area contributed by atoms with Crippen molar-refractivity contribution in [2.75, 3.05) is 20.2 Å². The van der Waals surface area contributed by atoms with Crippen LogP contribution in [0.3, 0.4) is 0 Å². The first-order valence-corrected chi connectivity index (χ1v) is 11.9. The number of methoxy groups -OCH3 is 1. The van der Waals surface area contributed by atoms with E-state index in [0.29, 0.717) is 37.1 Å². The lowest BCUT2D eigenvalue weighted by Gasteiger charge is -2.27. The molecule has 1 N–H and O–H groups in total. The molecule has 2 aromatic carbocycles. The number of hydrogen-bond acceptors (Lipinski definition) is 5. The second-order valence-electron chi connectivity index (χ2n) is 9.00. The molecular weight excluding hydrogens is 426 g/mol. The fourth-order valence-electron chi connectivity index (χ4n) is 3.97. The molecule has 0 radical (unpaired) electrons. The summed E-state index contributed by atoms with van der Waals surface area (Å²) in [5.41, 5.74) is 2.85. The summed E-state index contributed by atoms with van der Waals surface area (Å²) in [6.07, 6.45) is 2.95. The predicted octanol–water partition coefficient (Wildman–Crippen LogP) is 5.77. The van der Waals surface area contributed by atoms with Gasteiger partial charge in [-0.15, -0.1) is 6.58 Å². The Kier molecular flexibility index (Phi) is 9.31. The number of rotatable bonds is 13. The molecule has 6 heteroatoms. The molecule has 0 amide bonds. The molecule has 1 atom stereocenters. The molecule has 1 heterocycles. The second-order valence-corrected chi connectivity index (χ2v) is 9.00. The van der Waals surface area contributed by atoms with Gasteiger partial charge in [0, 0.05) is 19.6 Å². The van der Waals surface area contributed by atoms with Crippen LogP contribution in [0.1, 0.15) is 37.9 Å². The standard InChI is InChI=1S/C28H37N3O3/c1-6-7-13-24(32)19-30(18-21(2)3)20-27-22(4)29-31(23-11-9-8-10-12-23)28(27)34-26-16-14-25(33-5)15-17-26/h6,8-12,14-17,21,24,32H,1,7,13,18-20H2,2-5H3. The zero-order valence-electron chi connectivity index (χ0n) is 20.8. The van der Waals surface area contributed by atoms with Crippen LogP contribution in [0.15, 0.2) is 67.3 Å². The van der Waals surface area contributed by atoms with E-state index < -0.39 is 6.10 Å². The van der Waals surface area contributed by atoms with Gasteiger partial charge in [0.25, 0.3) is 0 Å². The fraction of sp³-hybridized carbons (Fsp3) is 0.393.